The highest BCUT2D eigenvalue weighted by molar-refractivity contribution is 8.01. The lowest BCUT2D eigenvalue weighted by Gasteiger charge is -2.02. The minimum atomic E-state index is -1.04. The largest absolute Gasteiger partial charge is 0.481 e. The lowest BCUT2D eigenvalue weighted by molar-refractivity contribution is -0.138. The first-order valence-electron chi connectivity index (χ1n) is 3.20. The second kappa shape index (κ2) is 4.70. The SMILES string of the molecule is O=C(O)CC(O)Sc1n[nH]c(=S)s1. The van der Waals surface area contributed by atoms with Gasteiger partial charge in [0.25, 0.3) is 0 Å². The predicted octanol–water partition coefficient (Wildman–Crippen LogP) is 1.09. The second-order valence-corrected chi connectivity index (χ2v) is 5.14. The fourth-order valence-electron chi connectivity index (χ4n) is 0.574. The summed E-state index contributed by atoms with van der Waals surface area (Å²) in [4.78, 5) is 10.2. The number of aliphatic hydroxyl groups excluding tert-OH is 1. The monoisotopic (exact) mass is 238 g/mol. The van der Waals surface area contributed by atoms with E-state index < -0.39 is 11.4 Å². The van der Waals surface area contributed by atoms with Gasteiger partial charge in [-0.05, 0) is 12.2 Å². The number of H-pyrrole nitrogens is 1. The number of aliphatic carboxylic acids is 1. The molecule has 0 fully saturated rings. The molecule has 0 saturated heterocycles. The summed E-state index contributed by atoms with van der Waals surface area (Å²) in [7, 11) is 0. The number of aromatic amines is 1. The van der Waals surface area contributed by atoms with Crippen molar-refractivity contribution in [1.82, 2.24) is 10.2 Å². The van der Waals surface area contributed by atoms with Crippen LogP contribution in [-0.4, -0.2) is 31.8 Å². The summed E-state index contributed by atoms with van der Waals surface area (Å²) < 4.78 is 1.05. The molecule has 0 aliphatic carbocycles. The van der Waals surface area contributed by atoms with Crippen molar-refractivity contribution < 1.29 is 15.0 Å². The van der Waals surface area contributed by atoms with E-state index >= 15 is 0 Å². The zero-order chi connectivity index (χ0) is 9.84. The van der Waals surface area contributed by atoms with E-state index in [2.05, 4.69) is 10.2 Å². The molecule has 0 bridgehead atoms. The number of hydrogen-bond acceptors (Lipinski definition) is 6. The smallest absolute Gasteiger partial charge is 0.306 e. The van der Waals surface area contributed by atoms with Crippen molar-refractivity contribution in [3.05, 3.63) is 3.95 Å². The van der Waals surface area contributed by atoms with Crippen molar-refractivity contribution in [1.29, 1.82) is 0 Å². The number of carboxylic acids is 1. The minimum absolute atomic E-state index is 0.309. The number of aromatic nitrogens is 2. The number of carbonyl (C=O) groups is 1. The van der Waals surface area contributed by atoms with E-state index in [0.717, 1.165) is 11.8 Å². The van der Waals surface area contributed by atoms with Gasteiger partial charge in [0.05, 0.1) is 6.42 Å². The van der Waals surface area contributed by atoms with Gasteiger partial charge in [0, 0.05) is 0 Å². The van der Waals surface area contributed by atoms with Crippen LogP contribution in [-0.2, 0) is 4.79 Å². The Morgan fingerprint density at radius 2 is 2.54 bits per heavy atom. The summed E-state index contributed by atoms with van der Waals surface area (Å²) in [5.74, 6) is -1.04. The third-order valence-corrected chi connectivity index (χ3v) is 3.16. The van der Waals surface area contributed by atoms with Crippen molar-refractivity contribution >= 4 is 41.3 Å². The van der Waals surface area contributed by atoms with E-state index in [1.54, 1.807) is 0 Å². The van der Waals surface area contributed by atoms with Gasteiger partial charge in [-0.15, -0.1) is 0 Å². The summed E-state index contributed by atoms with van der Waals surface area (Å²) in [5.41, 5.74) is -0.980. The highest BCUT2D eigenvalue weighted by Crippen LogP contribution is 2.25. The van der Waals surface area contributed by atoms with Gasteiger partial charge >= 0.3 is 5.97 Å². The van der Waals surface area contributed by atoms with Crippen LogP contribution in [0.25, 0.3) is 0 Å². The standard InChI is InChI=1S/C5H6N2O3S3/c8-2(9)1-3(10)12-5-7-6-4(11)13-5/h3,10H,1H2,(H,6,11)(H,8,9). The van der Waals surface area contributed by atoms with Gasteiger partial charge in [0.1, 0.15) is 5.44 Å². The molecule has 1 rings (SSSR count). The fourth-order valence-corrected chi connectivity index (χ4v) is 2.69. The maximum Gasteiger partial charge on any atom is 0.306 e. The Balaban J connectivity index is 2.49. The van der Waals surface area contributed by atoms with Gasteiger partial charge in [-0.3, -0.25) is 9.89 Å². The third kappa shape index (κ3) is 3.85. The van der Waals surface area contributed by atoms with E-state index in [0.29, 0.717) is 8.29 Å². The Morgan fingerprint density at radius 3 is 3.00 bits per heavy atom. The molecule has 13 heavy (non-hydrogen) atoms. The molecular formula is C5H6N2O3S3. The first-order chi connectivity index (χ1) is 6.08. The Morgan fingerprint density at radius 1 is 1.85 bits per heavy atom. The maximum absolute atomic E-state index is 10.2. The molecule has 1 aromatic heterocycles. The number of aliphatic hydroxyl groups is 1. The molecule has 0 amide bonds. The lowest BCUT2D eigenvalue weighted by Crippen LogP contribution is -2.08. The Labute approximate surface area is 86.8 Å². The molecule has 5 nitrogen and oxygen atoms in total. The molecule has 1 unspecified atom stereocenters. The summed E-state index contributed by atoms with van der Waals surface area (Å²) in [6, 6.07) is 0. The van der Waals surface area contributed by atoms with Gasteiger partial charge in [-0.25, -0.2) is 0 Å². The normalized spacial score (nSPS) is 12.7. The summed E-state index contributed by atoms with van der Waals surface area (Å²) in [6.07, 6.45) is -0.309. The molecule has 0 aliphatic rings. The zero-order valence-electron chi connectivity index (χ0n) is 6.26. The summed E-state index contributed by atoms with van der Waals surface area (Å²) in [6.45, 7) is 0. The molecule has 0 radical (unpaired) electrons. The van der Waals surface area contributed by atoms with Crippen LogP contribution in [0.5, 0.6) is 0 Å². The van der Waals surface area contributed by atoms with E-state index in [9.17, 15) is 9.90 Å². The molecule has 0 saturated carbocycles. The van der Waals surface area contributed by atoms with E-state index in [1.807, 2.05) is 0 Å². The van der Waals surface area contributed by atoms with Crippen LogP contribution < -0.4 is 0 Å². The minimum Gasteiger partial charge on any atom is -0.481 e. The van der Waals surface area contributed by atoms with Crippen LogP contribution in [0.2, 0.25) is 0 Å². The highest BCUT2D eigenvalue weighted by Gasteiger charge is 2.12. The molecular weight excluding hydrogens is 232 g/mol. The van der Waals surface area contributed by atoms with Crippen molar-refractivity contribution in [2.75, 3.05) is 0 Å². The molecule has 1 aromatic rings. The van der Waals surface area contributed by atoms with E-state index in [1.165, 1.54) is 11.3 Å². The molecule has 3 N–H and O–H groups in total. The second-order valence-electron chi connectivity index (χ2n) is 2.05. The topological polar surface area (TPSA) is 86.2 Å². The van der Waals surface area contributed by atoms with E-state index in [-0.39, 0.29) is 6.42 Å². The predicted molar refractivity (Wildman–Crippen MR) is 51.4 cm³/mol. The highest BCUT2D eigenvalue weighted by atomic mass is 32.2. The summed E-state index contributed by atoms with van der Waals surface area (Å²) >= 11 is 6.94. The molecule has 72 valence electrons. The van der Waals surface area contributed by atoms with E-state index in [4.69, 9.17) is 17.3 Å². The van der Waals surface area contributed by atoms with Crippen LogP contribution in [0, 0.1) is 3.95 Å². The molecule has 8 heteroatoms. The number of carboxylic acid groups (broad SMARTS) is 1. The van der Waals surface area contributed by atoms with Crippen molar-refractivity contribution in [2.45, 2.75) is 16.2 Å². The van der Waals surface area contributed by atoms with Crippen molar-refractivity contribution in [2.24, 2.45) is 0 Å². The Hall–Kier alpha value is -0.440. The van der Waals surface area contributed by atoms with Crippen LogP contribution in [0.15, 0.2) is 4.34 Å². The molecule has 1 atom stereocenters. The lowest BCUT2D eigenvalue weighted by atomic mass is 10.5. The quantitative estimate of drug-likeness (QED) is 0.413. The van der Waals surface area contributed by atoms with Crippen LogP contribution in [0.4, 0.5) is 0 Å². The number of nitrogens with one attached hydrogen (secondary N) is 1. The van der Waals surface area contributed by atoms with Crippen LogP contribution in [0.3, 0.4) is 0 Å². The average molecular weight is 238 g/mol. The number of thioether (sulfide) groups is 1. The molecule has 0 spiro atoms. The average Bonchev–Trinajstić information content (AvgIpc) is 2.33. The molecule has 0 aliphatic heterocycles. The Kier molecular flexibility index (Phi) is 3.85. The van der Waals surface area contributed by atoms with Gasteiger partial charge in [-0.2, -0.15) is 5.10 Å². The molecule has 0 aromatic carbocycles. The van der Waals surface area contributed by atoms with Gasteiger partial charge < -0.3 is 10.2 Å². The van der Waals surface area contributed by atoms with Gasteiger partial charge in [0.15, 0.2) is 8.29 Å². The first kappa shape index (κ1) is 10.6. The van der Waals surface area contributed by atoms with Crippen LogP contribution >= 0.6 is 35.3 Å². The van der Waals surface area contributed by atoms with Crippen molar-refractivity contribution in [3.63, 3.8) is 0 Å². The number of hydrogen-bond donors (Lipinski definition) is 3. The van der Waals surface area contributed by atoms with Crippen LogP contribution in [0.1, 0.15) is 6.42 Å². The summed E-state index contributed by atoms with van der Waals surface area (Å²) in [5, 5.41) is 23.8. The maximum atomic E-state index is 10.2. The fraction of sp³-hybridized carbons (Fsp3) is 0.400. The van der Waals surface area contributed by atoms with Gasteiger partial charge in [0.2, 0.25) is 0 Å². The Bertz CT molecular complexity index is 347. The number of nitrogens with zero attached hydrogens (tertiary/aromatic N) is 1. The third-order valence-electron chi connectivity index (χ3n) is 1.00. The molecule has 1 heterocycles. The van der Waals surface area contributed by atoms with Gasteiger partial charge in [-0.1, -0.05) is 23.1 Å². The van der Waals surface area contributed by atoms with Crippen molar-refractivity contribution in [3.8, 4) is 0 Å². The number of rotatable bonds is 4. The zero-order valence-corrected chi connectivity index (χ0v) is 8.71. The first-order valence-corrected chi connectivity index (χ1v) is 5.30.